The van der Waals surface area contributed by atoms with Crippen molar-refractivity contribution in [2.75, 3.05) is 26.4 Å². The summed E-state index contributed by atoms with van der Waals surface area (Å²) in [5.41, 5.74) is 2.58. The molecule has 0 spiro atoms. The molecular weight excluding hydrogens is 384 g/mol. The lowest BCUT2D eigenvalue weighted by molar-refractivity contribution is 0.171. The van der Waals surface area contributed by atoms with E-state index >= 15 is 0 Å². The molecule has 30 heavy (non-hydrogen) atoms. The van der Waals surface area contributed by atoms with Crippen LogP contribution >= 0.6 is 0 Å². The Balaban J connectivity index is 1.34. The molecule has 1 N–H and O–H groups in total. The topological polar surface area (TPSA) is 87.5 Å². The van der Waals surface area contributed by atoms with Crippen molar-refractivity contribution < 1.29 is 14.2 Å². The summed E-state index contributed by atoms with van der Waals surface area (Å²) in [6, 6.07) is 12.8. The van der Waals surface area contributed by atoms with Gasteiger partial charge in [0.05, 0.1) is 31.0 Å². The van der Waals surface area contributed by atoms with Crippen LogP contribution in [-0.2, 0) is 11.3 Å². The SMILES string of the molecule is O=c1ccc(-c2ccncc2)nn1C1COCC1NCc1ccc2c(c1)OCCO2. The van der Waals surface area contributed by atoms with Crippen LogP contribution in [0, 0.1) is 0 Å². The van der Waals surface area contributed by atoms with E-state index in [1.165, 1.54) is 4.68 Å². The zero-order chi connectivity index (χ0) is 20.3. The first-order chi connectivity index (χ1) is 14.8. The third kappa shape index (κ3) is 3.79. The van der Waals surface area contributed by atoms with Gasteiger partial charge in [0.25, 0.3) is 5.56 Å². The van der Waals surface area contributed by atoms with E-state index in [1.807, 2.05) is 30.3 Å². The first kappa shape index (κ1) is 18.8. The summed E-state index contributed by atoms with van der Waals surface area (Å²) < 4.78 is 18.5. The maximum absolute atomic E-state index is 12.5. The smallest absolute Gasteiger partial charge is 0.267 e. The highest BCUT2D eigenvalue weighted by Crippen LogP contribution is 2.31. The van der Waals surface area contributed by atoms with Crippen molar-refractivity contribution in [3.8, 4) is 22.8 Å². The largest absolute Gasteiger partial charge is 0.486 e. The first-order valence-electron chi connectivity index (χ1n) is 9.98. The van der Waals surface area contributed by atoms with Crippen molar-refractivity contribution in [3.05, 3.63) is 70.8 Å². The van der Waals surface area contributed by atoms with Crippen LogP contribution in [0.2, 0.25) is 0 Å². The summed E-state index contributed by atoms with van der Waals surface area (Å²) in [4.78, 5) is 16.6. The molecule has 0 aliphatic carbocycles. The van der Waals surface area contributed by atoms with Gasteiger partial charge < -0.3 is 19.5 Å². The second-order valence-corrected chi connectivity index (χ2v) is 7.31. The summed E-state index contributed by atoms with van der Waals surface area (Å²) in [6.45, 7) is 2.71. The van der Waals surface area contributed by atoms with E-state index in [-0.39, 0.29) is 17.6 Å². The van der Waals surface area contributed by atoms with Gasteiger partial charge in [-0.05, 0) is 35.9 Å². The number of nitrogens with zero attached hydrogens (tertiary/aromatic N) is 3. The zero-order valence-electron chi connectivity index (χ0n) is 16.4. The van der Waals surface area contributed by atoms with Crippen LogP contribution in [0.1, 0.15) is 11.6 Å². The van der Waals surface area contributed by atoms with E-state index in [4.69, 9.17) is 14.2 Å². The van der Waals surface area contributed by atoms with Gasteiger partial charge in [-0.1, -0.05) is 6.07 Å². The molecule has 154 valence electrons. The van der Waals surface area contributed by atoms with Gasteiger partial charge in [-0.15, -0.1) is 0 Å². The Kier molecular flexibility index (Phi) is 5.17. The molecule has 1 aromatic carbocycles. The highest BCUT2D eigenvalue weighted by atomic mass is 16.6. The maximum Gasteiger partial charge on any atom is 0.267 e. The van der Waals surface area contributed by atoms with E-state index in [0.717, 1.165) is 28.3 Å². The average Bonchev–Trinajstić information content (AvgIpc) is 3.27. The maximum atomic E-state index is 12.5. The van der Waals surface area contributed by atoms with Crippen molar-refractivity contribution >= 4 is 0 Å². The van der Waals surface area contributed by atoms with Crippen LogP contribution < -0.4 is 20.3 Å². The fourth-order valence-electron chi connectivity index (χ4n) is 3.77. The number of fused-ring (bicyclic) bond motifs is 1. The molecule has 4 heterocycles. The molecule has 0 bridgehead atoms. The summed E-state index contributed by atoms with van der Waals surface area (Å²) in [7, 11) is 0. The summed E-state index contributed by atoms with van der Waals surface area (Å²) in [6.07, 6.45) is 3.42. The van der Waals surface area contributed by atoms with Crippen molar-refractivity contribution in [1.29, 1.82) is 0 Å². The lowest BCUT2D eigenvalue weighted by atomic mass is 10.1. The zero-order valence-corrected chi connectivity index (χ0v) is 16.4. The second-order valence-electron chi connectivity index (χ2n) is 7.31. The van der Waals surface area contributed by atoms with Gasteiger partial charge in [-0.2, -0.15) is 5.10 Å². The number of ether oxygens (including phenoxy) is 3. The van der Waals surface area contributed by atoms with E-state index in [1.54, 1.807) is 24.5 Å². The third-order valence-electron chi connectivity index (χ3n) is 5.34. The Morgan fingerprint density at radius 2 is 1.83 bits per heavy atom. The first-order valence-corrected chi connectivity index (χ1v) is 9.98. The van der Waals surface area contributed by atoms with Crippen LogP contribution in [0.3, 0.4) is 0 Å². The Hall–Kier alpha value is -3.23. The third-order valence-corrected chi connectivity index (χ3v) is 5.34. The molecule has 0 amide bonds. The Morgan fingerprint density at radius 1 is 1.00 bits per heavy atom. The molecule has 1 fully saturated rings. The highest BCUT2D eigenvalue weighted by molar-refractivity contribution is 5.57. The van der Waals surface area contributed by atoms with Crippen LogP contribution in [0.15, 0.2) is 59.7 Å². The number of benzene rings is 1. The molecule has 2 unspecified atom stereocenters. The van der Waals surface area contributed by atoms with E-state index in [2.05, 4.69) is 15.4 Å². The van der Waals surface area contributed by atoms with Gasteiger partial charge in [0.1, 0.15) is 13.2 Å². The minimum absolute atomic E-state index is 0.0314. The van der Waals surface area contributed by atoms with Crippen LogP contribution in [0.4, 0.5) is 0 Å². The number of aromatic nitrogens is 3. The van der Waals surface area contributed by atoms with Crippen LogP contribution in [0.5, 0.6) is 11.5 Å². The number of nitrogens with one attached hydrogen (secondary N) is 1. The quantitative estimate of drug-likeness (QED) is 0.691. The fourth-order valence-corrected chi connectivity index (χ4v) is 3.77. The summed E-state index contributed by atoms with van der Waals surface area (Å²) >= 11 is 0. The molecule has 0 saturated carbocycles. The van der Waals surface area contributed by atoms with Crippen LogP contribution in [0.25, 0.3) is 11.3 Å². The lowest BCUT2D eigenvalue weighted by Crippen LogP contribution is -2.41. The molecule has 2 aliphatic heterocycles. The van der Waals surface area contributed by atoms with E-state index in [0.29, 0.717) is 33.0 Å². The molecule has 2 atom stereocenters. The Morgan fingerprint density at radius 3 is 2.70 bits per heavy atom. The van der Waals surface area contributed by atoms with Gasteiger partial charge in [0, 0.05) is 30.6 Å². The van der Waals surface area contributed by atoms with Crippen molar-refractivity contribution in [3.63, 3.8) is 0 Å². The molecule has 3 aromatic rings. The molecule has 5 rings (SSSR count). The van der Waals surface area contributed by atoms with Crippen LogP contribution in [-0.4, -0.2) is 47.2 Å². The predicted molar refractivity (Wildman–Crippen MR) is 110 cm³/mol. The standard InChI is InChI=1S/C22H22N4O4/c27-22-4-2-17(16-5-7-23-8-6-16)25-26(22)19-14-28-13-18(19)24-12-15-1-3-20-21(11-15)30-10-9-29-20/h1-8,11,18-19,24H,9-10,12-14H2. The van der Waals surface area contributed by atoms with Crippen molar-refractivity contribution in [1.82, 2.24) is 20.1 Å². The lowest BCUT2D eigenvalue weighted by Gasteiger charge is -2.22. The van der Waals surface area contributed by atoms with Gasteiger partial charge in [-0.3, -0.25) is 9.78 Å². The van der Waals surface area contributed by atoms with Gasteiger partial charge in [-0.25, -0.2) is 4.68 Å². The normalized spacial score (nSPS) is 20.3. The monoisotopic (exact) mass is 406 g/mol. The Bertz CT molecular complexity index is 1090. The number of hydrogen-bond donors (Lipinski definition) is 1. The van der Waals surface area contributed by atoms with E-state index in [9.17, 15) is 4.79 Å². The highest BCUT2D eigenvalue weighted by Gasteiger charge is 2.31. The molecule has 2 aliphatic rings. The predicted octanol–water partition coefficient (Wildman–Crippen LogP) is 1.81. The van der Waals surface area contributed by atoms with Gasteiger partial charge in [0.2, 0.25) is 0 Å². The molecule has 2 aromatic heterocycles. The molecule has 0 radical (unpaired) electrons. The average molecular weight is 406 g/mol. The minimum Gasteiger partial charge on any atom is -0.486 e. The number of rotatable bonds is 5. The number of hydrogen-bond acceptors (Lipinski definition) is 7. The van der Waals surface area contributed by atoms with E-state index < -0.39 is 0 Å². The van der Waals surface area contributed by atoms with Gasteiger partial charge in [0.15, 0.2) is 11.5 Å². The van der Waals surface area contributed by atoms with Gasteiger partial charge >= 0.3 is 0 Å². The van der Waals surface area contributed by atoms with Crippen molar-refractivity contribution in [2.45, 2.75) is 18.6 Å². The minimum atomic E-state index is -0.184. The van der Waals surface area contributed by atoms with Crippen molar-refractivity contribution in [2.24, 2.45) is 0 Å². The summed E-state index contributed by atoms with van der Waals surface area (Å²) in [5, 5.41) is 8.12. The molecule has 8 nitrogen and oxygen atoms in total. The fraction of sp³-hybridized carbons (Fsp3) is 0.318. The number of pyridine rings is 1. The molecule has 8 heteroatoms. The molecular formula is C22H22N4O4. The summed E-state index contributed by atoms with van der Waals surface area (Å²) in [5.74, 6) is 1.54. The Labute approximate surface area is 173 Å². The second kappa shape index (κ2) is 8.25. The molecule has 1 saturated heterocycles.